The molecular formula is C21H18F3N3O2. The monoisotopic (exact) mass is 401 g/mol. The van der Waals surface area contributed by atoms with Gasteiger partial charge in [0.15, 0.2) is 0 Å². The van der Waals surface area contributed by atoms with Crippen LogP contribution in [-0.4, -0.2) is 16.0 Å². The largest absolute Gasteiger partial charge is 0.508 e. The number of carbonyl (C=O) groups excluding carboxylic acids is 1. The van der Waals surface area contributed by atoms with Gasteiger partial charge in [0.2, 0.25) is 0 Å². The highest BCUT2D eigenvalue weighted by Crippen LogP contribution is 2.32. The molecular weight excluding hydrogens is 383 g/mol. The van der Waals surface area contributed by atoms with Gasteiger partial charge in [-0.2, -0.15) is 13.2 Å². The van der Waals surface area contributed by atoms with Gasteiger partial charge < -0.3 is 15.7 Å². The summed E-state index contributed by atoms with van der Waals surface area (Å²) in [7, 11) is 0. The third-order valence-corrected chi connectivity index (χ3v) is 4.09. The Balaban J connectivity index is 1.60. The Kier molecular flexibility index (Phi) is 6.13. The van der Waals surface area contributed by atoms with Crippen molar-refractivity contribution in [3.63, 3.8) is 0 Å². The van der Waals surface area contributed by atoms with Crippen molar-refractivity contribution in [3.05, 3.63) is 89.2 Å². The normalized spacial score (nSPS) is 11.3. The van der Waals surface area contributed by atoms with Crippen molar-refractivity contribution in [1.82, 2.24) is 10.3 Å². The van der Waals surface area contributed by atoms with Crippen molar-refractivity contribution in [2.45, 2.75) is 19.3 Å². The van der Waals surface area contributed by atoms with Crippen LogP contribution in [0.25, 0.3) is 0 Å². The molecule has 1 aromatic heterocycles. The molecule has 0 saturated carbocycles. The molecule has 0 atom stereocenters. The fourth-order valence-electron chi connectivity index (χ4n) is 2.76. The van der Waals surface area contributed by atoms with E-state index in [1.807, 2.05) is 6.07 Å². The zero-order chi connectivity index (χ0) is 20.9. The number of halogens is 3. The number of hydrogen-bond acceptors (Lipinski definition) is 4. The number of phenolic OH excluding ortho intramolecular Hbond substituents is 1. The Labute approximate surface area is 165 Å². The predicted molar refractivity (Wildman–Crippen MR) is 102 cm³/mol. The van der Waals surface area contributed by atoms with Crippen LogP contribution in [0.5, 0.6) is 5.75 Å². The minimum Gasteiger partial charge on any atom is -0.508 e. The Hall–Kier alpha value is -3.39. The van der Waals surface area contributed by atoms with Gasteiger partial charge >= 0.3 is 6.18 Å². The lowest BCUT2D eigenvalue weighted by molar-refractivity contribution is -0.137. The Morgan fingerprint density at radius 3 is 2.41 bits per heavy atom. The van der Waals surface area contributed by atoms with Crippen LogP contribution in [0.2, 0.25) is 0 Å². The number of hydrogen-bond donors (Lipinski definition) is 3. The van der Waals surface area contributed by atoms with Crippen molar-refractivity contribution in [3.8, 4) is 5.75 Å². The highest BCUT2D eigenvalue weighted by atomic mass is 19.4. The third-order valence-electron chi connectivity index (χ3n) is 4.09. The maximum atomic E-state index is 12.8. The van der Waals surface area contributed by atoms with E-state index in [9.17, 15) is 23.1 Å². The van der Waals surface area contributed by atoms with Gasteiger partial charge in [-0.3, -0.25) is 9.78 Å². The molecule has 0 aliphatic rings. The van der Waals surface area contributed by atoms with E-state index in [-0.39, 0.29) is 12.5 Å². The summed E-state index contributed by atoms with van der Waals surface area (Å²) < 4.78 is 38.5. The van der Waals surface area contributed by atoms with E-state index in [1.165, 1.54) is 18.5 Å². The van der Waals surface area contributed by atoms with Crippen LogP contribution in [0.4, 0.5) is 18.9 Å². The van der Waals surface area contributed by atoms with Crippen molar-refractivity contribution in [1.29, 1.82) is 0 Å². The Morgan fingerprint density at radius 1 is 0.966 bits per heavy atom. The summed E-state index contributed by atoms with van der Waals surface area (Å²) in [5.74, 6) is -0.700. The molecule has 0 saturated heterocycles. The van der Waals surface area contributed by atoms with E-state index < -0.39 is 17.5 Å². The lowest BCUT2D eigenvalue weighted by Crippen LogP contribution is -2.15. The van der Waals surface area contributed by atoms with Gasteiger partial charge in [0.25, 0.3) is 5.91 Å². The number of phenols is 1. The summed E-state index contributed by atoms with van der Waals surface area (Å²) in [6, 6.07) is 13.3. The van der Waals surface area contributed by atoms with Crippen molar-refractivity contribution < 1.29 is 23.1 Å². The van der Waals surface area contributed by atoms with Crippen molar-refractivity contribution in [2.75, 3.05) is 5.32 Å². The Morgan fingerprint density at radius 2 is 1.69 bits per heavy atom. The number of aromatic hydroxyl groups is 1. The van der Waals surface area contributed by atoms with Crippen LogP contribution < -0.4 is 10.6 Å². The topological polar surface area (TPSA) is 74.2 Å². The average molecular weight is 401 g/mol. The second-order valence-electron chi connectivity index (χ2n) is 6.38. The molecule has 0 radical (unpaired) electrons. The SMILES string of the molecule is O=C(Nc1cccc(CNCc2cc(O)cc(C(F)(F)F)c2)c1)c1ccncc1. The molecule has 0 aliphatic heterocycles. The molecule has 150 valence electrons. The fourth-order valence-corrected chi connectivity index (χ4v) is 2.76. The molecule has 0 spiro atoms. The fraction of sp³-hybridized carbons (Fsp3) is 0.143. The first-order valence-electron chi connectivity index (χ1n) is 8.72. The van der Waals surface area contributed by atoms with Gasteiger partial charge in [-0.1, -0.05) is 12.1 Å². The van der Waals surface area contributed by atoms with E-state index in [4.69, 9.17) is 0 Å². The molecule has 0 aliphatic carbocycles. The molecule has 5 nitrogen and oxygen atoms in total. The Bertz CT molecular complexity index is 992. The molecule has 1 amide bonds. The summed E-state index contributed by atoms with van der Waals surface area (Å²) in [5, 5.41) is 15.3. The van der Waals surface area contributed by atoms with E-state index in [2.05, 4.69) is 15.6 Å². The number of nitrogens with one attached hydrogen (secondary N) is 2. The number of amides is 1. The first-order valence-corrected chi connectivity index (χ1v) is 8.72. The first-order chi connectivity index (χ1) is 13.8. The second kappa shape index (κ2) is 8.74. The lowest BCUT2D eigenvalue weighted by atomic mass is 10.1. The smallest absolute Gasteiger partial charge is 0.416 e. The summed E-state index contributed by atoms with van der Waals surface area (Å²) in [6.07, 6.45) is -1.46. The molecule has 3 N–H and O–H groups in total. The number of rotatable bonds is 6. The molecule has 29 heavy (non-hydrogen) atoms. The first kappa shape index (κ1) is 20.3. The number of alkyl halides is 3. The predicted octanol–water partition coefficient (Wildman–Crippen LogP) is 4.35. The van der Waals surface area contributed by atoms with Gasteiger partial charge in [0.05, 0.1) is 5.56 Å². The number of nitrogens with zero attached hydrogens (tertiary/aromatic N) is 1. The molecule has 8 heteroatoms. The minimum absolute atomic E-state index is 0.144. The summed E-state index contributed by atoms with van der Waals surface area (Å²) in [6.45, 7) is 0.515. The van der Waals surface area contributed by atoms with E-state index in [1.54, 1.807) is 30.3 Å². The summed E-state index contributed by atoms with van der Waals surface area (Å²) in [4.78, 5) is 16.1. The second-order valence-corrected chi connectivity index (χ2v) is 6.38. The van der Waals surface area contributed by atoms with Gasteiger partial charge in [-0.05, 0) is 53.6 Å². The van der Waals surface area contributed by atoms with Crippen LogP contribution in [0.3, 0.4) is 0 Å². The number of carbonyl (C=O) groups is 1. The minimum atomic E-state index is -4.52. The number of benzene rings is 2. The maximum absolute atomic E-state index is 12.8. The van der Waals surface area contributed by atoms with Crippen molar-refractivity contribution >= 4 is 11.6 Å². The highest BCUT2D eigenvalue weighted by molar-refractivity contribution is 6.04. The van der Waals surface area contributed by atoms with Crippen LogP contribution in [0.15, 0.2) is 67.0 Å². The summed E-state index contributed by atoms with van der Waals surface area (Å²) in [5.41, 5.74) is 1.35. The maximum Gasteiger partial charge on any atom is 0.416 e. The van der Waals surface area contributed by atoms with Gasteiger partial charge in [0.1, 0.15) is 5.75 Å². The lowest BCUT2D eigenvalue weighted by Gasteiger charge is -2.11. The average Bonchev–Trinajstić information content (AvgIpc) is 2.68. The molecule has 3 aromatic rings. The van der Waals surface area contributed by atoms with Crippen LogP contribution in [-0.2, 0) is 19.3 Å². The number of pyridine rings is 1. The molecule has 2 aromatic carbocycles. The van der Waals surface area contributed by atoms with Crippen LogP contribution in [0, 0.1) is 0 Å². The number of anilines is 1. The number of aromatic nitrogens is 1. The standard InChI is InChI=1S/C21H18F3N3O2/c22-21(23,24)17-8-15(10-19(28)11-17)13-26-12-14-2-1-3-18(9-14)27-20(29)16-4-6-25-7-5-16/h1-11,26,28H,12-13H2,(H,27,29). The molecule has 0 bridgehead atoms. The van der Waals surface area contributed by atoms with E-state index >= 15 is 0 Å². The molecule has 0 unspecified atom stereocenters. The van der Waals surface area contributed by atoms with E-state index in [0.717, 1.165) is 11.6 Å². The molecule has 0 fully saturated rings. The van der Waals surface area contributed by atoms with Gasteiger partial charge in [-0.25, -0.2) is 0 Å². The third kappa shape index (κ3) is 5.79. The highest BCUT2D eigenvalue weighted by Gasteiger charge is 2.31. The zero-order valence-corrected chi connectivity index (χ0v) is 15.2. The van der Waals surface area contributed by atoms with Gasteiger partial charge in [-0.15, -0.1) is 0 Å². The quantitative estimate of drug-likeness (QED) is 0.574. The van der Waals surface area contributed by atoms with Crippen molar-refractivity contribution in [2.24, 2.45) is 0 Å². The molecule has 1 heterocycles. The zero-order valence-electron chi connectivity index (χ0n) is 15.2. The van der Waals surface area contributed by atoms with E-state index in [0.29, 0.717) is 29.4 Å². The van der Waals surface area contributed by atoms with Crippen LogP contribution in [0.1, 0.15) is 27.0 Å². The van der Waals surface area contributed by atoms with Gasteiger partial charge in [0, 0.05) is 36.7 Å². The molecule has 3 rings (SSSR count). The van der Waals surface area contributed by atoms with Crippen LogP contribution >= 0.6 is 0 Å². The summed E-state index contributed by atoms with van der Waals surface area (Å²) >= 11 is 0.